The van der Waals surface area contributed by atoms with Gasteiger partial charge in [-0.3, -0.25) is 14.4 Å². The van der Waals surface area contributed by atoms with Crippen molar-refractivity contribution >= 4 is 17.8 Å². The molecule has 0 bridgehead atoms. The van der Waals surface area contributed by atoms with Crippen LogP contribution in [-0.2, 0) is 22.4 Å². The molecule has 2 N–H and O–H groups in total. The summed E-state index contributed by atoms with van der Waals surface area (Å²) in [6.45, 7) is 3.83. The first kappa shape index (κ1) is 36.4. The van der Waals surface area contributed by atoms with Crippen molar-refractivity contribution in [1.82, 2.24) is 9.80 Å². The molecule has 1 aliphatic heterocycles. The number of aliphatic carboxylic acids is 2. The molecule has 0 aliphatic carbocycles. The van der Waals surface area contributed by atoms with Gasteiger partial charge in [-0.15, -0.1) is 0 Å². The topological polar surface area (TPSA) is 117 Å². The lowest BCUT2D eigenvalue weighted by Crippen LogP contribution is -2.34. The maximum absolute atomic E-state index is 14.1. The van der Waals surface area contributed by atoms with Crippen molar-refractivity contribution in [2.75, 3.05) is 46.4 Å². The van der Waals surface area contributed by atoms with Crippen LogP contribution in [0.2, 0.25) is 0 Å². The molecule has 0 saturated carbocycles. The summed E-state index contributed by atoms with van der Waals surface area (Å²) in [6.07, 6.45) is 6.00. The Morgan fingerprint density at radius 3 is 2.31 bits per heavy atom. The largest absolute Gasteiger partial charge is 0.494 e. The van der Waals surface area contributed by atoms with Crippen LogP contribution < -0.4 is 9.47 Å². The molecule has 1 fully saturated rings. The summed E-state index contributed by atoms with van der Waals surface area (Å²) in [5.74, 6) is -0.951. The fourth-order valence-corrected chi connectivity index (χ4v) is 5.94. The Morgan fingerprint density at radius 2 is 1.52 bits per heavy atom. The van der Waals surface area contributed by atoms with Crippen molar-refractivity contribution in [2.24, 2.45) is 0 Å². The predicted molar refractivity (Wildman–Crippen MR) is 182 cm³/mol. The number of carboxylic acids is 2. The van der Waals surface area contributed by atoms with Gasteiger partial charge in [0.15, 0.2) is 0 Å². The van der Waals surface area contributed by atoms with Gasteiger partial charge in [-0.25, -0.2) is 4.39 Å². The van der Waals surface area contributed by atoms with Gasteiger partial charge in [0.2, 0.25) is 0 Å². The number of hydrogen-bond acceptors (Lipinski definition) is 6. The number of rotatable bonds is 18. The molecule has 4 rings (SSSR count). The second kappa shape index (κ2) is 18.8. The summed E-state index contributed by atoms with van der Waals surface area (Å²) in [6, 6.07) is 17.5. The molecule has 1 saturated heterocycles. The summed E-state index contributed by atoms with van der Waals surface area (Å²) in [5, 5.41) is 18.1. The lowest BCUT2D eigenvalue weighted by Gasteiger charge is -2.21. The first-order chi connectivity index (χ1) is 23.2. The van der Waals surface area contributed by atoms with Crippen molar-refractivity contribution in [3.05, 3.63) is 83.2 Å². The van der Waals surface area contributed by atoms with Crippen LogP contribution in [0.1, 0.15) is 72.9 Å². The van der Waals surface area contributed by atoms with Crippen LogP contribution >= 0.6 is 0 Å². The molecule has 0 unspecified atom stereocenters. The molecular formula is C38H47FN2O7. The van der Waals surface area contributed by atoms with E-state index in [4.69, 9.17) is 14.6 Å². The van der Waals surface area contributed by atoms with Gasteiger partial charge in [0.25, 0.3) is 5.91 Å². The van der Waals surface area contributed by atoms with Crippen LogP contribution in [0.4, 0.5) is 4.39 Å². The zero-order chi connectivity index (χ0) is 34.3. The Bertz CT molecular complexity index is 1530. The molecule has 3 aromatic carbocycles. The smallest absolute Gasteiger partial charge is 0.303 e. The minimum Gasteiger partial charge on any atom is -0.494 e. The second-order valence-corrected chi connectivity index (χ2v) is 12.4. The van der Waals surface area contributed by atoms with E-state index in [2.05, 4.69) is 11.9 Å². The van der Waals surface area contributed by atoms with E-state index in [9.17, 15) is 23.9 Å². The fraction of sp³-hybridized carbons (Fsp3) is 0.447. The Labute approximate surface area is 282 Å². The van der Waals surface area contributed by atoms with Crippen LogP contribution in [0.3, 0.4) is 0 Å². The van der Waals surface area contributed by atoms with E-state index in [1.54, 1.807) is 12.1 Å². The lowest BCUT2D eigenvalue weighted by atomic mass is 9.97. The van der Waals surface area contributed by atoms with E-state index in [1.807, 2.05) is 41.3 Å². The summed E-state index contributed by atoms with van der Waals surface area (Å²) in [4.78, 5) is 39.8. The average Bonchev–Trinajstić information content (AvgIpc) is 3.29. The number of unbranched alkanes of at least 4 members (excludes halogenated alkanes) is 3. The van der Waals surface area contributed by atoms with Crippen LogP contribution in [0.15, 0.2) is 60.7 Å². The molecule has 48 heavy (non-hydrogen) atoms. The molecule has 0 aromatic heterocycles. The Kier molecular flexibility index (Phi) is 14.2. The quantitative estimate of drug-likeness (QED) is 0.144. The standard InChI is InChI=1S/C38H47FN2O7/c1-40-18-9-19-41(21-20-40)38(46)31-24-30(29-12-6-13-32(39)25-29)26-33(27-31)47-22-5-3-2-4-10-28-11-7-14-35(34(28)16-17-37(44)45)48-23-8-15-36(42)43/h6-7,11-14,24-27H,2-5,8-10,15-23H2,1H3,(H,42,43)(H,44,45). The van der Waals surface area contributed by atoms with Gasteiger partial charge in [0.1, 0.15) is 17.3 Å². The van der Waals surface area contributed by atoms with E-state index in [1.165, 1.54) is 12.1 Å². The molecule has 1 aliphatic rings. The number of likely N-dealkylation sites (N-methyl/N-ethyl adjacent to an activating group) is 1. The number of hydrogen-bond donors (Lipinski definition) is 2. The number of carbonyl (C=O) groups is 3. The molecule has 9 nitrogen and oxygen atoms in total. The predicted octanol–water partition coefficient (Wildman–Crippen LogP) is 6.71. The van der Waals surface area contributed by atoms with E-state index in [0.717, 1.165) is 68.3 Å². The molecule has 1 amide bonds. The highest BCUT2D eigenvalue weighted by molar-refractivity contribution is 5.96. The normalized spacial score (nSPS) is 13.6. The van der Waals surface area contributed by atoms with Gasteiger partial charge < -0.3 is 29.5 Å². The number of benzene rings is 3. The maximum Gasteiger partial charge on any atom is 0.303 e. The zero-order valence-corrected chi connectivity index (χ0v) is 27.8. The minimum atomic E-state index is -0.880. The third-order valence-corrected chi connectivity index (χ3v) is 8.54. The molecule has 3 aromatic rings. The molecule has 0 atom stereocenters. The highest BCUT2D eigenvalue weighted by Gasteiger charge is 2.21. The SMILES string of the molecule is CN1CCCN(C(=O)c2cc(OCCCCCCc3cccc(OCCCC(=O)O)c3CCC(=O)O)cc(-c3cccc(F)c3)c2)CC1. The average molecular weight is 663 g/mol. The number of nitrogens with zero attached hydrogens (tertiary/aromatic N) is 2. The third kappa shape index (κ3) is 11.7. The number of halogens is 1. The summed E-state index contributed by atoms with van der Waals surface area (Å²) in [7, 11) is 2.06. The number of aryl methyl sites for hydroxylation is 1. The molecule has 10 heteroatoms. The van der Waals surface area contributed by atoms with Crippen molar-refractivity contribution in [2.45, 2.75) is 64.2 Å². The van der Waals surface area contributed by atoms with Gasteiger partial charge in [-0.1, -0.05) is 37.1 Å². The van der Waals surface area contributed by atoms with Gasteiger partial charge in [0, 0.05) is 38.0 Å². The second-order valence-electron chi connectivity index (χ2n) is 12.4. The van der Waals surface area contributed by atoms with Crippen molar-refractivity contribution in [1.29, 1.82) is 0 Å². The molecular weight excluding hydrogens is 615 g/mol. The maximum atomic E-state index is 14.1. The van der Waals surface area contributed by atoms with Gasteiger partial charge >= 0.3 is 11.9 Å². The summed E-state index contributed by atoms with van der Waals surface area (Å²) < 4.78 is 26.1. The Balaban J connectivity index is 1.33. The molecule has 1 heterocycles. The van der Waals surface area contributed by atoms with E-state index in [0.29, 0.717) is 55.2 Å². The van der Waals surface area contributed by atoms with Crippen LogP contribution in [0.5, 0.6) is 11.5 Å². The van der Waals surface area contributed by atoms with Crippen molar-refractivity contribution < 1.29 is 38.5 Å². The summed E-state index contributed by atoms with van der Waals surface area (Å²) >= 11 is 0. The van der Waals surface area contributed by atoms with E-state index in [-0.39, 0.29) is 31.2 Å². The third-order valence-electron chi connectivity index (χ3n) is 8.54. The van der Waals surface area contributed by atoms with Crippen molar-refractivity contribution in [3.63, 3.8) is 0 Å². The summed E-state index contributed by atoms with van der Waals surface area (Å²) in [5.41, 5.74) is 3.86. The monoisotopic (exact) mass is 662 g/mol. The van der Waals surface area contributed by atoms with Crippen LogP contribution in [0.25, 0.3) is 11.1 Å². The Hall–Kier alpha value is -4.44. The van der Waals surface area contributed by atoms with Crippen molar-refractivity contribution in [3.8, 4) is 22.6 Å². The number of carboxylic acid groups (broad SMARTS) is 2. The minimum absolute atomic E-state index is 0.0110. The highest BCUT2D eigenvalue weighted by Crippen LogP contribution is 2.29. The lowest BCUT2D eigenvalue weighted by molar-refractivity contribution is -0.138. The van der Waals surface area contributed by atoms with Crippen LogP contribution in [0, 0.1) is 5.82 Å². The van der Waals surface area contributed by atoms with E-state index < -0.39 is 11.9 Å². The number of amides is 1. The van der Waals surface area contributed by atoms with Crippen LogP contribution in [-0.4, -0.2) is 84.3 Å². The molecule has 0 spiro atoms. The number of ether oxygens (including phenoxy) is 2. The first-order valence-electron chi connectivity index (χ1n) is 16.9. The number of carbonyl (C=O) groups excluding carboxylic acids is 1. The highest BCUT2D eigenvalue weighted by atomic mass is 19.1. The van der Waals surface area contributed by atoms with Gasteiger partial charge in [-0.05, 0) is 111 Å². The molecule has 258 valence electrons. The molecule has 0 radical (unpaired) electrons. The zero-order valence-electron chi connectivity index (χ0n) is 27.8. The Morgan fingerprint density at radius 1 is 0.750 bits per heavy atom. The van der Waals surface area contributed by atoms with Gasteiger partial charge in [-0.2, -0.15) is 0 Å². The van der Waals surface area contributed by atoms with E-state index >= 15 is 0 Å². The van der Waals surface area contributed by atoms with Gasteiger partial charge in [0.05, 0.1) is 13.2 Å². The first-order valence-corrected chi connectivity index (χ1v) is 16.9. The fourth-order valence-electron chi connectivity index (χ4n) is 5.94.